The summed E-state index contributed by atoms with van der Waals surface area (Å²) in [4.78, 5) is 40.7. The number of imide groups is 1. The van der Waals surface area contributed by atoms with Crippen LogP contribution in [0.3, 0.4) is 0 Å². The van der Waals surface area contributed by atoms with Crippen molar-refractivity contribution in [2.75, 3.05) is 16.8 Å². The SMILES string of the molecule is Cc1ccc(N2C(=O)N(CC(=O)Nc3c(C)cccc3C(C)C)C(=O)C2C)cc1. The molecule has 1 atom stereocenters. The van der Waals surface area contributed by atoms with Gasteiger partial charge in [-0.3, -0.25) is 19.4 Å². The maximum Gasteiger partial charge on any atom is 0.332 e. The molecule has 6 nitrogen and oxygen atoms in total. The van der Waals surface area contributed by atoms with Gasteiger partial charge in [-0.15, -0.1) is 0 Å². The molecule has 3 rings (SSSR count). The number of carbonyl (C=O) groups is 3. The molecule has 0 bridgehead atoms. The minimum atomic E-state index is -0.650. The Balaban J connectivity index is 1.78. The normalized spacial score (nSPS) is 16.7. The van der Waals surface area contributed by atoms with E-state index in [2.05, 4.69) is 19.2 Å². The first-order chi connectivity index (χ1) is 13.7. The van der Waals surface area contributed by atoms with Crippen LogP contribution in [-0.2, 0) is 9.59 Å². The molecule has 1 heterocycles. The largest absolute Gasteiger partial charge is 0.332 e. The molecule has 0 radical (unpaired) electrons. The van der Waals surface area contributed by atoms with Crippen LogP contribution in [0.1, 0.15) is 43.4 Å². The molecule has 0 saturated carbocycles. The number of amides is 4. The molecule has 2 aromatic rings. The lowest BCUT2D eigenvalue weighted by molar-refractivity contribution is -0.130. The lowest BCUT2D eigenvalue weighted by atomic mass is 9.98. The number of aryl methyl sites for hydroxylation is 2. The van der Waals surface area contributed by atoms with E-state index < -0.39 is 12.1 Å². The monoisotopic (exact) mass is 393 g/mol. The summed E-state index contributed by atoms with van der Waals surface area (Å²) < 4.78 is 0. The number of nitrogens with one attached hydrogen (secondary N) is 1. The first kappa shape index (κ1) is 20.6. The second kappa shape index (κ2) is 8.07. The van der Waals surface area contributed by atoms with E-state index in [0.717, 1.165) is 27.3 Å². The van der Waals surface area contributed by atoms with Crippen LogP contribution in [0.5, 0.6) is 0 Å². The summed E-state index contributed by atoms with van der Waals surface area (Å²) in [7, 11) is 0. The Morgan fingerprint density at radius 2 is 1.72 bits per heavy atom. The average Bonchev–Trinajstić information content (AvgIpc) is 2.87. The summed E-state index contributed by atoms with van der Waals surface area (Å²) in [6.45, 7) is 9.36. The fourth-order valence-corrected chi connectivity index (χ4v) is 3.58. The van der Waals surface area contributed by atoms with Crippen molar-refractivity contribution in [2.24, 2.45) is 0 Å². The lowest BCUT2D eigenvalue weighted by Crippen LogP contribution is -2.39. The second-order valence-electron chi connectivity index (χ2n) is 7.83. The van der Waals surface area contributed by atoms with Crippen molar-refractivity contribution < 1.29 is 14.4 Å². The van der Waals surface area contributed by atoms with Gasteiger partial charge in [0.05, 0.1) is 0 Å². The Morgan fingerprint density at radius 1 is 1.07 bits per heavy atom. The van der Waals surface area contributed by atoms with Gasteiger partial charge < -0.3 is 5.32 Å². The molecule has 1 fully saturated rings. The highest BCUT2D eigenvalue weighted by Gasteiger charge is 2.44. The number of hydrogen-bond acceptors (Lipinski definition) is 3. The van der Waals surface area contributed by atoms with Gasteiger partial charge in [0.2, 0.25) is 5.91 Å². The molecule has 0 aliphatic carbocycles. The Kier molecular flexibility index (Phi) is 5.73. The Morgan fingerprint density at radius 3 is 2.34 bits per heavy atom. The maximum atomic E-state index is 12.9. The second-order valence-corrected chi connectivity index (χ2v) is 7.83. The number of rotatable bonds is 5. The van der Waals surface area contributed by atoms with Crippen LogP contribution >= 0.6 is 0 Å². The van der Waals surface area contributed by atoms with Crippen LogP contribution in [0.15, 0.2) is 42.5 Å². The van der Waals surface area contributed by atoms with Crippen molar-refractivity contribution >= 4 is 29.2 Å². The van der Waals surface area contributed by atoms with Crippen LogP contribution in [0.2, 0.25) is 0 Å². The van der Waals surface area contributed by atoms with E-state index in [4.69, 9.17) is 0 Å². The van der Waals surface area contributed by atoms with Crippen LogP contribution < -0.4 is 10.2 Å². The highest BCUT2D eigenvalue weighted by molar-refractivity contribution is 6.16. The lowest BCUT2D eigenvalue weighted by Gasteiger charge is -2.20. The van der Waals surface area contributed by atoms with E-state index in [1.807, 2.05) is 56.3 Å². The summed E-state index contributed by atoms with van der Waals surface area (Å²) in [5.41, 5.74) is 4.42. The van der Waals surface area contributed by atoms with Crippen molar-refractivity contribution in [1.29, 1.82) is 0 Å². The average molecular weight is 393 g/mol. The highest BCUT2D eigenvalue weighted by atomic mass is 16.2. The van der Waals surface area contributed by atoms with Gasteiger partial charge in [0.1, 0.15) is 12.6 Å². The van der Waals surface area contributed by atoms with Crippen molar-refractivity contribution in [3.8, 4) is 0 Å². The molecule has 1 saturated heterocycles. The molecule has 29 heavy (non-hydrogen) atoms. The van der Waals surface area contributed by atoms with Crippen LogP contribution in [-0.4, -0.2) is 35.3 Å². The van der Waals surface area contributed by atoms with Crippen molar-refractivity contribution in [3.05, 3.63) is 59.2 Å². The molecule has 2 aromatic carbocycles. The smallest absolute Gasteiger partial charge is 0.324 e. The van der Waals surface area contributed by atoms with Crippen molar-refractivity contribution in [3.63, 3.8) is 0 Å². The van der Waals surface area contributed by atoms with Crippen LogP contribution in [0, 0.1) is 13.8 Å². The van der Waals surface area contributed by atoms with E-state index in [1.54, 1.807) is 6.92 Å². The molecular weight excluding hydrogens is 366 g/mol. The first-order valence-electron chi connectivity index (χ1n) is 9.81. The highest BCUT2D eigenvalue weighted by Crippen LogP contribution is 2.28. The Labute approximate surface area is 171 Å². The molecule has 1 N–H and O–H groups in total. The molecule has 6 heteroatoms. The zero-order valence-corrected chi connectivity index (χ0v) is 17.5. The number of anilines is 2. The first-order valence-corrected chi connectivity index (χ1v) is 9.81. The van der Waals surface area contributed by atoms with Gasteiger partial charge >= 0.3 is 6.03 Å². The van der Waals surface area contributed by atoms with Gasteiger partial charge in [0.25, 0.3) is 5.91 Å². The number of para-hydroxylation sites is 1. The third-order valence-electron chi connectivity index (χ3n) is 5.25. The van der Waals surface area contributed by atoms with Gasteiger partial charge in [-0.25, -0.2) is 4.79 Å². The van der Waals surface area contributed by atoms with Gasteiger partial charge in [0.15, 0.2) is 0 Å². The molecule has 1 aliphatic rings. The topological polar surface area (TPSA) is 69.7 Å². The van der Waals surface area contributed by atoms with Crippen molar-refractivity contribution in [1.82, 2.24) is 4.90 Å². The van der Waals surface area contributed by atoms with Gasteiger partial charge in [-0.2, -0.15) is 0 Å². The number of hydrogen-bond donors (Lipinski definition) is 1. The molecule has 152 valence electrons. The molecule has 4 amide bonds. The minimum Gasteiger partial charge on any atom is -0.324 e. The van der Waals surface area contributed by atoms with Crippen molar-refractivity contribution in [2.45, 2.75) is 46.6 Å². The molecular formula is C23H27N3O3. The zero-order valence-electron chi connectivity index (χ0n) is 17.5. The molecule has 1 aliphatic heterocycles. The predicted octanol–water partition coefficient (Wildman–Crippen LogP) is 4.22. The third kappa shape index (κ3) is 4.01. The number of benzene rings is 2. The fourth-order valence-electron chi connectivity index (χ4n) is 3.58. The van der Waals surface area contributed by atoms with E-state index in [1.165, 1.54) is 4.90 Å². The van der Waals surface area contributed by atoms with E-state index in [9.17, 15) is 14.4 Å². The third-order valence-corrected chi connectivity index (χ3v) is 5.25. The maximum absolute atomic E-state index is 12.9. The molecule has 0 spiro atoms. The summed E-state index contributed by atoms with van der Waals surface area (Å²) in [6, 6.07) is 12.1. The summed E-state index contributed by atoms with van der Waals surface area (Å²) >= 11 is 0. The molecule has 1 unspecified atom stereocenters. The fraction of sp³-hybridized carbons (Fsp3) is 0.348. The summed E-state index contributed by atoms with van der Waals surface area (Å²) in [6.07, 6.45) is 0. The van der Waals surface area contributed by atoms with E-state index in [-0.39, 0.29) is 24.3 Å². The quantitative estimate of drug-likeness (QED) is 0.773. The number of urea groups is 1. The van der Waals surface area contributed by atoms with Gasteiger partial charge in [-0.1, -0.05) is 49.7 Å². The number of nitrogens with zero attached hydrogens (tertiary/aromatic N) is 2. The van der Waals surface area contributed by atoms with Crippen LogP contribution in [0.25, 0.3) is 0 Å². The molecule has 0 aromatic heterocycles. The zero-order chi connectivity index (χ0) is 21.3. The standard InChI is InChI=1S/C23H27N3O3/c1-14(2)19-8-6-7-16(4)21(19)24-20(27)13-25-22(28)17(5)26(23(25)29)18-11-9-15(3)10-12-18/h6-12,14,17H,13H2,1-5H3,(H,24,27). The van der Waals surface area contributed by atoms with Gasteiger partial charge in [-0.05, 0) is 49.9 Å². The van der Waals surface area contributed by atoms with E-state index >= 15 is 0 Å². The Hall–Kier alpha value is -3.15. The minimum absolute atomic E-state index is 0.234. The van der Waals surface area contributed by atoms with Crippen LogP contribution in [0.4, 0.5) is 16.2 Å². The Bertz CT molecular complexity index is 950. The number of carbonyl (C=O) groups excluding carboxylic acids is 3. The summed E-state index contributed by atoms with van der Waals surface area (Å²) in [5.74, 6) is -0.530. The van der Waals surface area contributed by atoms with Gasteiger partial charge in [0, 0.05) is 11.4 Å². The van der Waals surface area contributed by atoms with E-state index in [0.29, 0.717) is 5.69 Å². The summed E-state index contributed by atoms with van der Waals surface area (Å²) in [5, 5.41) is 2.90. The predicted molar refractivity (Wildman–Crippen MR) is 114 cm³/mol.